The monoisotopic (exact) mass is 394 g/mol. The second-order valence-electron chi connectivity index (χ2n) is 7.77. The van der Waals surface area contributed by atoms with Crippen molar-refractivity contribution >= 4 is 17.5 Å². The average Bonchev–Trinajstić information content (AvgIpc) is 2.72. The second-order valence-corrected chi connectivity index (χ2v) is 7.77. The SMILES string of the molecule is CCCC(=O)Nc1ccc2c(c1)C[C@H](C(=O)N[C@@H](C)CCc1ccccc1)CO2. The van der Waals surface area contributed by atoms with Crippen LogP contribution in [-0.2, 0) is 22.4 Å². The molecule has 0 radical (unpaired) electrons. The van der Waals surface area contributed by atoms with Crippen molar-refractivity contribution in [3.8, 4) is 5.75 Å². The van der Waals surface area contributed by atoms with Crippen LogP contribution in [0.3, 0.4) is 0 Å². The van der Waals surface area contributed by atoms with E-state index in [2.05, 4.69) is 22.8 Å². The van der Waals surface area contributed by atoms with E-state index in [0.717, 1.165) is 36.3 Å². The number of nitrogens with one attached hydrogen (secondary N) is 2. The second kappa shape index (κ2) is 10.1. The summed E-state index contributed by atoms with van der Waals surface area (Å²) in [7, 11) is 0. The van der Waals surface area contributed by atoms with E-state index in [0.29, 0.717) is 19.4 Å². The number of amides is 2. The maximum atomic E-state index is 12.7. The molecule has 1 heterocycles. The van der Waals surface area contributed by atoms with E-state index in [1.54, 1.807) is 0 Å². The molecule has 0 bridgehead atoms. The zero-order chi connectivity index (χ0) is 20.6. The zero-order valence-electron chi connectivity index (χ0n) is 17.2. The van der Waals surface area contributed by atoms with E-state index < -0.39 is 0 Å². The molecule has 1 aliphatic rings. The number of benzene rings is 2. The number of fused-ring (bicyclic) bond motifs is 1. The molecule has 0 saturated carbocycles. The third-order valence-electron chi connectivity index (χ3n) is 5.20. The molecular weight excluding hydrogens is 364 g/mol. The van der Waals surface area contributed by atoms with Gasteiger partial charge in [0.05, 0.1) is 5.92 Å². The van der Waals surface area contributed by atoms with E-state index >= 15 is 0 Å². The van der Waals surface area contributed by atoms with Crippen LogP contribution in [-0.4, -0.2) is 24.5 Å². The molecule has 5 nitrogen and oxygen atoms in total. The molecule has 0 aliphatic carbocycles. The van der Waals surface area contributed by atoms with Crippen molar-refractivity contribution in [3.05, 3.63) is 59.7 Å². The van der Waals surface area contributed by atoms with Gasteiger partial charge in [-0.25, -0.2) is 0 Å². The summed E-state index contributed by atoms with van der Waals surface area (Å²) in [4.78, 5) is 24.5. The summed E-state index contributed by atoms with van der Waals surface area (Å²) in [5.41, 5.74) is 2.99. The number of hydrogen-bond donors (Lipinski definition) is 2. The Labute approximate surface area is 172 Å². The number of ether oxygens (including phenoxy) is 1. The first-order valence-electron chi connectivity index (χ1n) is 10.4. The molecule has 0 aromatic heterocycles. The zero-order valence-corrected chi connectivity index (χ0v) is 17.2. The van der Waals surface area contributed by atoms with E-state index in [1.807, 2.05) is 50.2 Å². The van der Waals surface area contributed by atoms with Gasteiger partial charge in [0.1, 0.15) is 12.4 Å². The van der Waals surface area contributed by atoms with Gasteiger partial charge in [0.25, 0.3) is 0 Å². The molecule has 3 rings (SSSR count). The summed E-state index contributed by atoms with van der Waals surface area (Å²) in [5, 5.41) is 6.03. The summed E-state index contributed by atoms with van der Waals surface area (Å²) >= 11 is 0. The highest BCUT2D eigenvalue weighted by Gasteiger charge is 2.27. The number of aryl methyl sites for hydroxylation is 1. The molecule has 5 heteroatoms. The third kappa shape index (κ3) is 6.08. The van der Waals surface area contributed by atoms with Crippen LogP contribution in [0.15, 0.2) is 48.5 Å². The van der Waals surface area contributed by atoms with Gasteiger partial charge in [-0.3, -0.25) is 9.59 Å². The highest BCUT2D eigenvalue weighted by Crippen LogP contribution is 2.30. The highest BCUT2D eigenvalue weighted by atomic mass is 16.5. The first kappa shape index (κ1) is 20.9. The molecule has 0 unspecified atom stereocenters. The Balaban J connectivity index is 1.53. The fraction of sp³-hybridized carbons (Fsp3) is 0.417. The van der Waals surface area contributed by atoms with Crippen LogP contribution in [0, 0.1) is 5.92 Å². The van der Waals surface area contributed by atoms with E-state index in [9.17, 15) is 9.59 Å². The summed E-state index contributed by atoms with van der Waals surface area (Å²) in [6.45, 7) is 4.40. The summed E-state index contributed by atoms with van der Waals surface area (Å²) in [6, 6.07) is 16.0. The molecule has 2 aromatic carbocycles. The predicted octanol–water partition coefficient (Wildman–Crippen LogP) is 4.11. The van der Waals surface area contributed by atoms with Gasteiger partial charge in [0.15, 0.2) is 0 Å². The van der Waals surface area contributed by atoms with E-state index in [4.69, 9.17) is 4.74 Å². The quantitative estimate of drug-likeness (QED) is 0.708. The Morgan fingerprint density at radius 2 is 1.97 bits per heavy atom. The minimum atomic E-state index is -0.219. The molecule has 1 aliphatic heterocycles. The fourth-order valence-corrected chi connectivity index (χ4v) is 3.55. The van der Waals surface area contributed by atoms with E-state index in [-0.39, 0.29) is 23.8 Å². The minimum Gasteiger partial charge on any atom is -0.492 e. The lowest BCUT2D eigenvalue weighted by Gasteiger charge is -2.26. The van der Waals surface area contributed by atoms with Gasteiger partial charge >= 0.3 is 0 Å². The van der Waals surface area contributed by atoms with Gasteiger partial charge in [0, 0.05) is 18.2 Å². The molecule has 2 amide bonds. The molecular formula is C24H30N2O3. The smallest absolute Gasteiger partial charge is 0.227 e. The Bertz CT molecular complexity index is 835. The van der Waals surface area contributed by atoms with Crippen LogP contribution in [0.1, 0.15) is 44.2 Å². The normalized spacial score (nSPS) is 16.3. The third-order valence-corrected chi connectivity index (χ3v) is 5.20. The molecule has 2 N–H and O–H groups in total. The lowest BCUT2D eigenvalue weighted by molar-refractivity contribution is -0.127. The van der Waals surface area contributed by atoms with Crippen LogP contribution in [0.5, 0.6) is 5.75 Å². The van der Waals surface area contributed by atoms with E-state index in [1.165, 1.54) is 5.56 Å². The van der Waals surface area contributed by atoms with Gasteiger partial charge in [-0.2, -0.15) is 0 Å². The molecule has 2 atom stereocenters. The molecule has 154 valence electrons. The van der Waals surface area contributed by atoms with Crippen molar-refractivity contribution in [1.29, 1.82) is 0 Å². The van der Waals surface area contributed by atoms with Crippen molar-refractivity contribution in [2.45, 2.75) is 52.0 Å². The molecule has 0 fully saturated rings. The number of hydrogen-bond acceptors (Lipinski definition) is 3. The Morgan fingerprint density at radius 1 is 1.17 bits per heavy atom. The average molecular weight is 395 g/mol. The van der Waals surface area contributed by atoms with Gasteiger partial charge < -0.3 is 15.4 Å². The number of carbonyl (C=O) groups excluding carboxylic acids is 2. The standard InChI is InChI=1S/C24H30N2O3/c1-3-7-23(27)26-21-12-13-22-19(15-21)14-20(16-29-22)24(28)25-17(2)10-11-18-8-5-4-6-9-18/h4-6,8-9,12-13,15,17,20H,3,7,10-11,14,16H2,1-2H3,(H,25,28)(H,26,27)/t17-,20-/m0/s1. The van der Waals surface area contributed by atoms with Crippen LogP contribution in [0.2, 0.25) is 0 Å². The first-order chi connectivity index (χ1) is 14.0. The minimum absolute atomic E-state index is 0.00529. The molecule has 2 aromatic rings. The number of anilines is 1. The van der Waals surface area contributed by atoms with Crippen molar-refractivity contribution in [2.75, 3.05) is 11.9 Å². The summed E-state index contributed by atoms with van der Waals surface area (Å²) in [5.74, 6) is 0.602. The maximum Gasteiger partial charge on any atom is 0.227 e. The van der Waals surface area contributed by atoms with Crippen molar-refractivity contribution in [1.82, 2.24) is 5.32 Å². The lowest BCUT2D eigenvalue weighted by atomic mass is 9.95. The van der Waals surface area contributed by atoms with Crippen molar-refractivity contribution in [2.24, 2.45) is 5.92 Å². The van der Waals surface area contributed by atoms with Crippen LogP contribution >= 0.6 is 0 Å². The first-order valence-corrected chi connectivity index (χ1v) is 10.4. The van der Waals surface area contributed by atoms with Crippen molar-refractivity contribution < 1.29 is 14.3 Å². The molecule has 0 spiro atoms. The largest absolute Gasteiger partial charge is 0.492 e. The number of rotatable bonds is 8. The number of carbonyl (C=O) groups is 2. The van der Waals surface area contributed by atoms with Gasteiger partial charge in [-0.15, -0.1) is 0 Å². The van der Waals surface area contributed by atoms with Gasteiger partial charge in [-0.05, 0) is 61.9 Å². The van der Waals surface area contributed by atoms with Gasteiger partial charge in [-0.1, -0.05) is 37.3 Å². The molecule has 0 saturated heterocycles. The van der Waals surface area contributed by atoms with Crippen molar-refractivity contribution in [3.63, 3.8) is 0 Å². The van der Waals surface area contributed by atoms with Gasteiger partial charge in [0.2, 0.25) is 11.8 Å². The Hall–Kier alpha value is -2.82. The Morgan fingerprint density at radius 3 is 2.72 bits per heavy atom. The summed E-state index contributed by atoms with van der Waals surface area (Å²) < 4.78 is 5.80. The van der Waals surface area contributed by atoms with Crippen LogP contribution < -0.4 is 15.4 Å². The maximum absolute atomic E-state index is 12.7. The van der Waals surface area contributed by atoms with Crippen LogP contribution in [0.25, 0.3) is 0 Å². The topological polar surface area (TPSA) is 67.4 Å². The van der Waals surface area contributed by atoms with Crippen LogP contribution in [0.4, 0.5) is 5.69 Å². The lowest BCUT2D eigenvalue weighted by Crippen LogP contribution is -2.41. The Kier molecular flexibility index (Phi) is 7.28. The predicted molar refractivity (Wildman–Crippen MR) is 115 cm³/mol. The highest BCUT2D eigenvalue weighted by molar-refractivity contribution is 5.91. The molecule has 29 heavy (non-hydrogen) atoms. The summed E-state index contributed by atoms with van der Waals surface area (Å²) in [6.07, 6.45) is 3.76. The fourth-order valence-electron chi connectivity index (χ4n) is 3.55.